The smallest absolute Gasteiger partial charge is 0.263 e. The van der Waals surface area contributed by atoms with Gasteiger partial charge in [-0.3, -0.25) is 9.69 Å². The van der Waals surface area contributed by atoms with Gasteiger partial charge in [0.1, 0.15) is 5.75 Å². The number of ether oxygens (including phenoxy) is 2. The van der Waals surface area contributed by atoms with Gasteiger partial charge in [-0.15, -0.1) is 0 Å². The van der Waals surface area contributed by atoms with Crippen LogP contribution in [0, 0.1) is 11.6 Å². The van der Waals surface area contributed by atoms with Crippen LogP contribution in [0.15, 0.2) is 18.2 Å². The topological polar surface area (TPSA) is 42.0 Å². The van der Waals surface area contributed by atoms with E-state index in [0.29, 0.717) is 19.7 Å². The van der Waals surface area contributed by atoms with Crippen molar-refractivity contribution in [2.75, 3.05) is 46.4 Å². The monoisotopic (exact) mass is 342 g/mol. The Morgan fingerprint density at radius 3 is 2.71 bits per heavy atom. The van der Waals surface area contributed by atoms with Crippen molar-refractivity contribution in [1.29, 1.82) is 0 Å². The van der Waals surface area contributed by atoms with Crippen molar-refractivity contribution in [3.8, 4) is 5.75 Å². The third kappa shape index (κ3) is 5.14. The second-order valence-corrected chi connectivity index (χ2v) is 5.85. The Kier molecular flexibility index (Phi) is 6.93. The molecule has 0 spiro atoms. The van der Waals surface area contributed by atoms with E-state index in [-0.39, 0.29) is 11.7 Å². The second kappa shape index (κ2) is 8.94. The van der Waals surface area contributed by atoms with Gasteiger partial charge in [-0.2, -0.15) is 0 Å². The molecule has 0 aromatic heterocycles. The van der Waals surface area contributed by atoms with Gasteiger partial charge in [0.2, 0.25) is 0 Å². The second-order valence-electron chi connectivity index (χ2n) is 5.85. The SMILES string of the molecule is COCCN1CCCN(C(=O)C(C)Oc2ccc(F)c(F)c2)CC1. The van der Waals surface area contributed by atoms with Crippen LogP contribution in [0.1, 0.15) is 13.3 Å². The molecule has 0 radical (unpaired) electrons. The fourth-order valence-corrected chi connectivity index (χ4v) is 2.70. The summed E-state index contributed by atoms with van der Waals surface area (Å²) in [4.78, 5) is 16.5. The van der Waals surface area contributed by atoms with E-state index in [1.54, 1.807) is 18.9 Å². The number of hydrogen-bond donors (Lipinski definition) is 0. The Hall–Kier alpha value is -1.73. The van der Waals surface area contributed by atoms with Crippen molar-refractivity contribution in [3.63, 3.8) is 0 Å². The molecule has 24 heavy (non-hydrogen) atoms. The zero-order chi connectivity index (χ0) is 17.5. The molecule has 0 bridgehead atoms. The number of rotatable bonds is 6. The lowest BCUT2D eigenvalue weighted by Gasteiger charge is -2.25. The zero-order valence-electron chi connectivity index (χ0n) is 14.1. The molecule has 1 unspecified atom stereocenters. The summed E-state index contributed by atoms with van der Waals surface area (Å²) in [6.45, 7) is 6.13. The molecule has 1 aliphatic heterocycles. The molecule has 1 aliphatic rings. The number of halogens is 2. The Labute approximate surface area is 141 Å². The highest BCUT2D eigenvalue weighted by Crippen LogP contribution is 2.17. The summed E-state index contributed by atoms with van der Waals surface area (Å²) in [7, 11) is 1.67. The molecule has 0 N–H and O–H groups in total. The molecule has 1 aromatic carbocycles. The van der Waals surface area contributed by atoms with Gasteiger partial charge >= 0.3 is 0 Å². The van der Waals surface area contributed by atoms with E-state index in [9.17, 15) is 13.6 Å². The standard InChI is InChI=1S/C17H24F2N2O3/c1-13(24-14-4-5-15(18)16(19)12-14)17(22)21-7-3-6-20(8-9-21)10-11-23-2/h4-5,12-13H,3,6-11H2,1-2H3. The maximum absolute atomic E-state index is 13.2. The summed E-state index contributed by atoms with van der Waals surface area (Å²) in [5, 5.41) is 0. The molecular weight excluding hydrogens is 318 g/mol. The predicted molar refractivity (Wildman–Crippen MR) is 86.0 cm³/mol. The third-order valence-corrected chi connectivity index (χ3v) is 4.06. The first kappa shape index (κ1) is 18.6. The van der Waals surface area contributed by atoms with Crippen molar-refractivity contribution >= 4 is 5.91 Å². The van der Waals surface area contributed by atoms with E-state index in [1.807, 2.05) is 0 Å². The summed E-state index contributed by atoms with van der Waals surface area (Å²) in [5.74, 6) is -1.93. The number of hydrogen-bond acceptors (Lipinski definition) is 4. The fourth-order valence-electron chi connectivity index (χ4n) is 2.70. The lowest BCUT2D eigenvalue weighted by molar-refractivity contribution is -0.137. The van der Waals surface area contributed by atoms with Gasteiger partial charge in [-0.1, -0.05) is 0 Å². The summed E-state index contributed by atoms with van der Waals surface area (Å²) >= 11 is 0. The summed E-state index contributed by atoms with van der Waals surface area (Å²) in [5.41, 5.74) is 0. The number of nitrogens with zero attached hydrogens (tertiary/aromatic N) is 2. The average molecular weight is 342 g/mol. The molecule has 2 rings (SSSR count). The average Bonchev–Trinajstić information content (AvgIpc) is 2.81. The van der Waals surface area contributed by atoms with E-state index < -0.39 is 17.7 Å². The lowest BCUT2D eigenvalue weighted by Crippen LogP contribution is -2.42. The Balaban J connectivity index is 1.89. The van der Waals surface area contributed by atoms with Crippen LogP contribution < -0.4 is 4.74 Å². The molecule has 1 amide bonds. The van der Waals surface area contributed by atoms with Crippen molar-refractivity contribution < 1.29 is 23.0 Å². The molecular formula is C17H24F2N2O3. The van der Waals surface area contributed by atoms with Gasteiger partial charge in [0, 0.05) is 39.4 Å². The van der Waals surface area contributed by atoms with Crippen LogP contribution in [-0.4, -0.2) is 68.3 Å². The minimum Gasteiger partial charge on any atom is -0.481 e. The maximum atomic E-state index is 13.2. The number of amides is 1. The van der Waals surface area contributed by atoms with Crippen LogP contribution in [0.25, 0.3) is 0 Å². The highest BCUT2D eigenvalue weighted by atomic mass is 19.2. The molecule has 0 aliphatic carbocycles. The van der Waals surface area contributed by atoms with Crippen LogP contribution in [0.2, 0.25) is 0 Å². The van der Waals surface area contributed by atoms with Crippen molar-refractivity contribution in [3.05, 3.63) is 29.8 Å². The van der Waals surface area contributed by atoms with Crippen molar-refractivity contribution in [2.45, 2.75) is 19.4 Å². The Morgan fingerprint density at radius 2 is 2.00 bits per heavy atom. The van der Waals surface area contributed by atoms with Gasteiger partial charge in [-0.25, -0.2) is 8.78 Å². The summed E-state index contributed by atoms with van der Waals surface area (Å²) in [6.07, 6.45) is 0.133. The van der Waals surface area contributed by atoms with Gasteiger partial charge in [0.15, 0.2) is 17.7 Å². The van der Waals surface area contributed by atoms with E-state index in [0.717, 1.165) is 38.2 Å². The van der Waals surface area contributed by atoms with E-state index in [4.69, 9.17) is 9.47 Å². The van der Waals surface area contributed by atoms with Crippen LogP contribution in [0.5, 0.6) is 5.75 Å². The summed E-state index contributed by atoms with van der Waals surface area (Å²) < 4.78 is 36.7. The summed E-state index contributed by atoms with van der Waals surface area (Å²) in [6, 6.07) is 3.26. The third-order valence-electron chi connectivity index (χ3n) is 4.06. The largest absolute Gasteiger partial charge is 0.481 e. The number of carbonyl (C=O) groups is 1. The molecule has 7 heteroatoms. The molecule has 1 aromatic rings. The quantitative estimate of drug-likeness (QED) is 0.792. The maximum Gasteiger partial charge on any atom is 0.263 e. The minimum absolute atomic E-state index is 0.145. The van der Waals surface area contributed by atoms with E-state index >= 15 is 0 Å². The molecule has 5 nitrogen and oxygen atoms in total. The molecule has 1 fully saturated rings. The predicted octanol–water partition coefficient (Wildman–Crippen LogP) is 1.91. The normalized spacial score (nSPS) is 17.4. The van der Waals surface area contributed by atoms with Crippen LogP contribution in [-0.2, 0) is 9.53 Å². The lowest BCUT2D eigenvalue weighted by atomic mass is 10.3. The van der Waals surface area contributed by atoms with Crippen LogP contribution in [0.4, 0.5) is 8.78 Å². The van der Waals surface area contributed by atoms with Crippen LogP contribution in [0.3, 0.4) is 0 Å². The fraction of sp³-hybridized carbons (Fsp3) is 0.588. The van der Waals surface area contributed by atoms with Gasteiger partial charge in [-0.05, 0) is 32.0 Å². The Morgan fingerprint density at radius 1 is 1.21 bits per heavy atom. The van der Waals surface area contributed by atoms with Gasteiger partial charge in [0.05, 0.1) is 6.61 Å². The highest BCUT2D eigenvalue weighted by Gasteiger charge is 2.24. The number of carbonyl (C=O) groups excluding carboxylic acids is 1. The van der Waals surface area contributed by atoms with E-state index in [1.165, 1.54) is 6.07 Å². The van der Waals surface area contributed by atoms with Gasteiger partial charge < -0.3 is 14.4 Å². The molecule has 1 atom stereocenters. The number of methoxy groups -OCH3 is 1. The van der Waals surface area contributed by atoms with E-state index in [2.05, 4.69) is 4.90 Å². The number of benzene rings is 1. The first-order valence-corrected chi connectivity index (χ1v) is 8.13. The molecule has 1 saturated heterocycles. The van der Waals surface area contributed by atoms with Gasteiger partial charge in [0.25, 0.3) is 5.91 Å². The first-order chi connectivity index (χ1) is 11.5. The van der Waals surface area contributed by atoms with Crippen molar-refractivity contribution in [2.24, 2.45) is 0 Å². The zero-order valence-corrected chi connectivity index (χ0v) is 14.1. The molecule has 1 heterocycles. The first-order valence-electron chi connectivity index (χ1n) is 8.13. The Bertz CT molecular complexity index is 557. The molecule has 134 valence electrons. The van der Waals surface area contributed by atoms with Crippen LogP contribution >= 0.6 is 0 Å². The minimum atomic E-state index is -0.990. The van der Waals surface area contributed by atoms with Crippen molar-refractivity contribution in [1.82, 2.24) is 9.80 Å². The molecule has 0 saturated carbocycles. The highest BCUT2D eigenvalue weighted by molar-refractivity contribution is 5.81.